The molecule has 0 aliphatic heterocycles. The van der Waals surface area contributed by atoms with E-state index in [4.69, 9.17) is 9.84 Å². The van der Waals surface area contributed by atoms with E-state index in [1.165, 1.54) is 12.8 Å². The first-order valence-corrected chi connectivity index (χ1v) is 9.94. The minimum atomic E-state index is -0.0235. The molecule has 134 valence electrons. The van der Waals surface area contributed by atoms with Crippen molar-refractivity contribution in [3.05, 3.63) is 11.6 Å². The van der Waals surface area contributed by atoms with Crippen LogP contribution in [0.15, 0.2) is 11.6 Å². The van der Waals surface area contributed by atoms with Gasteiger partial charge in [-0.25, -0.2) is 0 Å². The van der Waals surface area contributed by atoms with Gasteiger partial charge in [0.05, 0.1) is 19.3 Å². The zero-order valence-corrected chi connectivity index (χ0v) is 15.2. The van der Waals surface area contributed by atoms with Gasteiger partial charge in [0.1, 0.15) is 5.78 Å². The van der Waals surface area contributed by atoms with Crippen LogP contribution >= 0.6 is 0 Å². The first kappa shape index (κ1) is 16.8. The molecule has 3 heteroatoms. The molecule has 0 saturated heterocycles. The molecule has 0 bridgehead atoms. The fourth-order valence-electron chi connectivity index (χ4n) is 6.76. The van der Waals surface area contributed by atoms with E-state index in [9.17, 15) is 4.79 Å². The molecule has 0 aromatic carbocycles. The van der Waals surface area contributed by atoms with Gasteiger partial charge in [-0.15, -0.1) is 0 Å². The van der Waals surface area contributed by atoms with Crippen LogP contribution in [0.5, 0.6) is 0 Å². The molecule has 24 heavy (non-hydrogen) atoms. The molecule has 3 fully saturated rings. The van der Waals surface area contributed by atoms with Crippen molar-refractivity contribution in [3.8, 4) is 0 Å². The molecule has 0 aromatic rings. The van der Waals surface area contributed by atoms with E-state index in [1.54, 1.807) is 5.57 Å². The second kappa shape index (κ2) is 5.95. The Balaban J connectivity index is 1.56. The normalized spacial score (nSPS) is 47.6. The number of carbonyl (C=O) groups is 1. The second-order valence-corrected chi connectivity index (χ2v) is 9.14. The Morgan fingerprint density at radius 3 is 2.71 bits per heavy atom. The maximum absolute atomic E-state index is 12.5. The van der Waals surface area contributed by atoms with Crippen LogP contribution in [-0.4, -0.2) is 30.2 Å². The smallest absolute Gasteiger partial charge is 0.139 e. The van der Waals surface area contributed by atoms with Gasteiger partial charge in [0, 0.05) is 11.8 Å². The Kier molecular flexibility index (Phi) is 4.16. The summed E-state index contributed by atoms with van der Waals surface area (Å²) < 4.78 is 5.83. The van der Waals surface area contributed by atoms with Crippen LogP contribution in [0, 0.1) is 28.6 Å². The van der Waals surface area contributed by atoms with Crippen LogP contribution in [0.2, 0.25) is 0 Å². The first-order chi connectivity index (χ1) is 11.5. The summed E-state index contributed by atoms with van der Waals surface area (Å²) in [5.41, 5.74) is 1.89. The maximum atomic E-state index is 12.5. The quantitative estimate of drug-likeness (QED) is 0.798. The van der Waals surface area contributed by atoms with Crippen molar-refractivity contribution < 1.29 is 14.6 Å². The van der Waals surface area contributed by atoms with Gasteiger partial charge in [0.2, 0.25) is 0 Å². The predicted octanol–water partition coefficient (Wildman–Crippen LogP) is 3.90. The van der Waals surface area contributed by atoms with Crippen molar-refractivity contribution in [3.63, 3.8) is 0 Å². The molecular formula is C21H32O3. The van der Waals surface area contributed by atoms with Crippen molar-refractivity contribution in [2.75, 3.05) is 13.2 Å². The minimum Gasteiger partial charge on any atom is -0.394 e. The number of aliphatic hydroxyl groups is 1. The molecule has 0 spiro atoms. The lowest BCUT2D eigenvalue weighted by molar-refractivity contribution is -0.132. The van der Waals surface area contributed by atoms with Gasteiger partial charge in [-0.1, -0.05) is 25.5 Å². The highest BCUT2D eigenvalue weighted by Crippen LogP contribution is 2.64. The molecule has 4 aliphatic rings. The van der Waals surface area contributed by atoms with E-state index in [0.29, 0.717) is 29.6 Å². The van der Waals surface area contributed by atoms with E-state index < -0.39 is 0 Å². The van der Waals surface area contributed by atoms with Crippen molar-refractivity contribution in [2.24, 2.45) is 28.6 Å². The molecule has 4 rings (SSSR count). The van der Waals surface area contributed by atoms with E-state index in [2.05, 4.69) is 19.9 Å². The number of hydrogen-bond donors (Lipinski definition) is 1. The highest BCUT2D eigenvalue weighted by atomic mass is 16.5. The van der Waals surface area contributed by atoms with Crippen LogP contribution in [0.4, 0.5) is 0 Å². The van der Waals surface area contributed by atoms with Crippen LogP contribution < -0.4 is 0 Å². The molecule has 3 saturated carbocycles. The summed E-state index contributed by atoms with van der Waals surface area (Å²) in [6, 6.07) is 0. The van der Waals surface area contributed by atoms with Gasteiger partial charge in [0.15, 0.2) is 0 Å². The third kappa shape index (κ3) is 2.34. The summed E-state index contributed by atoms with van der Waals surface area (Å²) in [5.74, 6) is 2.60. The third-order valence-corrected chi connectivity index (χ3v) is 8.21. The van der Waals surface area contributed by atoms with Gasteiger partial charge in [0.25, 0.3) is 0 Å². The van der Waals surface area contributed by atoms with Gasteiger partial charge in [-0.2, -0.15) is 0 Å². The zero-order chi connectivity index (χ0) is 16.9. The molecule has 1 unspecified atom stereocenters. The van der Waals surface area contributed by atoms with E-state index in [0.717, 1.165) is 44.4 Å². The molecule has 6 atom stereocenters. The van der Waals surface area contributed by atoms with E-state index in [1.807, 2.05) is 0 Å². The molecule has 0 radical (unpaired) electrons. The van der Waals surface area contributed by atoms with Gasteiger partial charge in [-0.05, 0) is 68.1 Å². The average molecular weight is 332 g/mol. The van der Waals surface area contributed by atoms with Gasteiger partial charge in [-0.3, -0.25) is 4.79 Å². The fraction of sp³-hybridized carbons (Fsp3) is 0.857. The maximum Gasteiger partial charge on any atom is 0.139 e. The van der Waals surface area contributed by atoms with Crippen molar-refractivity contribution in [2.45, 2.75) is 71.3 Å². The number of allylic oxidation sites excluding steroid dienone is 1. The summed E-state index contributed by atoms with van der Waals surface area (Å²) in [6.45, 7) is 5.32. The predicted molar refractivity (Wildman–Crippen MR) is 93.5 cm³/mol. The summed E-state index contributed by atoms with van der Waals surface area (Å²) in [7, 11) is 0. The Bertz CT molecular complexity index is 553. The van der Waals surface area contributed by atoms with Crippen LogP contribution in [0.1, 0.15) is 65.2 Å². The zero-order valence-electron chi connectivity index (χ0n) is 15.2. The average Bonchev–Trinajstić information content (AvgIpc) is 2.88. The fourth-order valence-corrected chi connectivity index (χ4v) is 6.76. The summed E-state index contributed by atoms with van der Waals surface area (Å²) in [6.07, 6.45) is 11.6. The number of rotatable bonds is 3. The van der Waals surface area contributed by atoms with Crippen LogP contribution in [-0.2, 0) is 9.53 Å². The van der Waals surface area contributed by atoms with Crippen molar-refractivity contribution in [1.29, 1.82) is 0 Å². The van der Waals surface area contributed by atoms with Crippen LogP contribution in [0.25, 0.3) is 0 Å². The molecule has 0 amide bonds. The number of carbonyl (C=O) groups excluding carboxylic acids is 1. The SMILES string of the molecule is C[C@]12CCC(OCCO)CC1=CC[C@@H]1[C@@H]2CC[C@]2(C)C(=O)CC[C@@H]12. The number of Topliss-reactive ketones (excluding diaryl/α,β-unsaturated/α-hetero) is 1. The first-order valence-electron chi connectivity index (χ1n) is 9.94. The molecular weight excluding hydrogens is 300 g/mol. The lowest BCUT2D eigenvalue weighted by Gasteiger charge is -2.57. The van der Waals surface area contributed by atoms with E-state index >= 15 is 0 Å². The molecule has 0 aromatic heterocycles. The van der Waals surface area contributed by atoms with Crippen molar-refractivity contribution in [1.82, 2.24) is 0 Å². The minimum absolute atomic E-state index is 0.0235. The molecule has 4 aliphatic carbocycles. The monoisotopic (exact) mass is 332 g/mol. The van der Waals surface area contributed by atoms with Gasteiger partial charge >= 0.3 is 0 Å². The Morgan fingerprint density at radius 2 is 1.92 bits per heavy atom. The number of ether oxygens (including phenoxy) is 1. The molecule has 3 nitrogen and oxygen atoms in total. The lowest BCUT2D eigenvalue weighted by Crippen LogP contribution is -2.50. The topological polar surface area (TPSA) is 46.5 Å². The Morgan fingerprint density at radius 1 is 1.17 bits per heavy atom. The second-order valence-electron chi connectivity index (χ2n) is 9.14. The number of hydrogen-bond acceptors (Lipinski definition) is 3. The van der Waals surface area contributed by atoms with Crippen LogP contribution in [0.3, 0.4) is 0 Å². The highest BCUT2D eigenvalue weighted by molar-refractivity contribution is 5.87. The summed E-state index contributed by atoms with van der Waals surface area (Å²) in [5, 5.41) is 9.00. The highest BCUT2D eigenvalue weighted by Gasteiger charge is 2.58. The lowest BCUT2D eigenvalue weighted by atomic mass is 9.48. The van der Waals surface area contributed by atoms with Gasteiger partial charge < -0.3 is 9.84 Å². The molecule has 0 heterocycles. The number of fused-ring (bicyclic) bond motifs is 5. The van der Waals surface area contributed by atoms with E-state index in [-0.39, 0.29) is 18.1 Å². The Hall–Kier alpha value is -0.670. The largest absolute Gasteiger partial charge is 0.394 e. The third-order valence-electron chi connectivity index (χ3n) is 8.21. The Labute approximate surface area is 145 Å². The number of ketones is 1. The molecule has 1 N–H and O–H groups in total. The van der Waals surface area contributed by atoms with Crippen molar-refractivity contribution >= 4 is 5.78 Å². The summed E-state index contributed by atoms with van der Waals surface area (Å²) >= 11 is 0. The standard InChI is InChI=1S/C21H32O3/c1-20-9-7-15(24-12-11-22)13-14(20)3-4-16-17-5-6-19(23)21(17,2)10-8-18(16)20/h3,15-18,22H,4-13H2,1-2H3/t15?,16-,17-,18-,20-,21-/m0/s1. The summed E-state index contributed by atoms with van der Waals surface area (Å²) in [4.78, 5) is 12.5. The number of aliphatic hydroxyl groups excluding tert-OH is 1.